The van der Waals surface area contributed by atoms with Crippen LogP contribution in [0.5, 0.6) is 0 Å². The zero-order chi connectivity index (χ0) is 15.6. The van der Waals surface area contributed by atoms with E-state index in [1.54, 1.807) is 16.4 Å². The molecule has 0 radical (unpaired) electrons. The van der Waals surface area contributed by atoms with E-state index in [0.29, 0.717) is 18.0 Å². The summed E-state index contributed by atoms with van der Waals surface area (Å²) in [7, 11) is -3.34. The van der Waals surface area contributed by atoms with Gasteiger partial charge in [-0.25, -0.2) is 8.42 Å². The minimum atomic E-state index is -3.34. The minimum absolute atomic E-state index is 0.460. The maximum Gasteiger partial charge on any atom is 0.243 e. The van der Waals surface area contributed by atoms with Crippen LogP contribution in [-0.2, 0) is 22.9 Å². The van der Waals surface area contributed by atoms with E-state index in [0.717, 1.165) is 29.3 Å². The van der Waals surface area contributed by atoms with Gasteiger partial charge in [-0.15, -0.1) is 0 Å². The Morgan fingerprint density at radius 3 is 2.64 bits per heavy atom. The van der Waals surface area contributed by atoms with Gasteiger partial charge >= 0.3 is 0 Å². The van der Waals surface area contributed by atoms with E-state index in [4.69, 9.17) is 0 Å². The Balaban J connectivity index is 1.70. The highest BCUT2D eigenvalue weighted by atomic mass is 79.9. The molecule has 1 heterocycles. The van der Waals surface area contributed by atoms with Crippen LogP contribution in [0.4, 0.5) is 0 Å². The Morgan fingerprint density at radius 2 is 1.86 bits per heavy atom. The fourth-order valence-corrected chi connectivity index (χ4v) is 4.96. The lowest BCUT2D eigenvalue weighted by atomic mass is 10.1. The monoisotopic (exact) mass is 379 g/mol. The van der Waals surface area contributed by atoms with Crippen molar-refractivity contribution in [2.45, 2.75) is 24.2 Å². The summed E-state index contributed by atoms with van der Waals surface area (Å²) in [5, 5.41) is 0. The molecule has 0 N–H and O–H groups in total. The Hall–Kier alpha value is -1.17. The zero-order valence-corrected chi connectivity index (χ0v) is 14.6. The molecule has 0 unspecified atom stereocenters. The summed E-state index contributed by atoms with van der Waals surface area (Å²) in [6, 6.07) is 15.6. The largest absolute Gasteiger partial charge is 0.243 e. The number of hydrogen-bond acceptors (Lipinski definition) is 2. The zero-order valence-electron chi connectivity index (χ0n) is 12.2. The average Bonchev–Trinajstić information content (AvgIpc) is 2.50. The number of nitrogens with zero attached hydrogens (tertiary/aromatic N) is 1. The third kappa shape index (κ3) is 3.26. The van der Waals surface area contributed by atoms with Crippen molar-refractivity contribution in [1.29, 1.82) is 0 Å². The number of hydrogen-bond donors (Lipinski definition) is 0. The molecule has 0 aliphatic carbocycles. The molecule has 22 heavy (non-hydrogen) atoms. The predicted octanol–water partition coefficient (Wildman–Crippen LogP) is 3.63. The molecular formula is C17H18BrNO2S. The lowest BCUT2D eigenvalue weighted by Gasteiger charge is -2.28. The fourth-order valence-electron chi connectivity index (χ4n) is 2.84. The predicted molar refractivity (Wildman–Crippen MR) is 91.4 cm³/mol. The van der Waals surface area contributed by atoms with Gasteiger partial charge in [0, 0.05) is 17.6 Å². The molecule has 0 saturated heterocycles. The van der Waals surface area contributed by atoms with E-state index in [-0.39, 0.29) is 0 Å². The molecule has 0 spiro atoms. The first-order valence-electron chi connectivity index (χ1n) is 7.40. The Labute approximate surface area is 140 Å². The average molecular weight is 380 g/mol. The Bertz CT molecular complexity index is 759. The van der Waals surface area contributed by atoms with E-state index in [2.05, 4.69) is 28.1 Å². The van der Waals surface area contributed by atoms with Gasteiger partial charge < -0.3 is 0 Å². The van der Waals surface area contributed by atoms with Crippen molar-refractivity contribution in [3.63, 3.8) is 0 Å². The van der Waals surface area contributed by atoms with Crippen LogP contribution in [0.25, 0.3) is 0 Å². The first-order valence-corrected chi connectivity index (χ1v) is 9.63. The van der Waals surface area contributed by atoms with Crippen LogP contribution in [0.2, 0.25) is 0 Å². The maximum atomic E-state index is 12.7. The van der Waals surface area contributed by atoms with E-state index in [1.165, 1.54) is 5.56 Å². The van der Waals surface area contributed by atoms with Gasteiger partial charge in [0.05, 0.1) is 4.90 Å². The standard InChI is InChI=1S/C17H18BrNO2S/c18-16-8-9-17-15(13-16)10-12-19(22(17,20)21)11-4-7-14-5-2-1-3-6-14/h1-3,5-6,8-9,13H,4,7,10-12H2. The van der Waals surface area contributed by atoms with E-state index in [9.17, 15) is 8.42 Å². The molecular weight excluding hydrogens is 362 g/mol. The summed E-state index contributed by atoms with van der Waals surface area (Å²) >= 11 is 3.40. The van der Waals surface area contributed by atoms with Gasteiger partial charge in [-0.2, -0.15) is 4.31 Å². The van der Waals surface area contributed by atoms with Crippen molar-refractivity contribution in [2.24, 2.45) is 0 Å². The second-order valence-electron chi connectivity index (χ2n) is 5.50. The number of rotatable bonds is 4. The normalized spacial score (nSPS) is 17.1. The van der Waals surface area contributed by atoms with Gasteiger partial charge in [-0.1, -0.05) is 46.3 Å². The molecule has 5 heteroatoms. The van der Waals surface area contributed by atoms with Crippen molar-refractivity contribution in [3.8, 4) is 0 Å². The van der Waals surface area contributed by atoms with Crippen molar-refractivity contribution in [3.05, 3.63) is 64.1 Å². The molecule has 116 valence electrons. The first-order chi connectivity index (χ1) is 10.6. The Kier molecular flexibility index (Phi) is 4.66. The summed E-state index contributed by atoms with van der Waals surface area (Å²) < 4.78 is 27.9. The summed E-state index contributed by atoms with van der Waals surface area (Å²) in [5.41, 5.74) is 2.16. The van der Waals surface area contributed by atoms with E-state index in [1.807, 2.05) is 24.3 Å². The van der Waals surface area contributed by atoms with Gasteiger partial charge in [0.1, 0.15) is 0 Å². The Morgan fingerprint density at radius 1 is 1.09 bits per heavy atom. The quantitative estimate of drug-likeness (QED) is 0.813. The van der Waals surface area contributed by atoms with Crippen LogP contribution >= 0.6 is 15.9 Å². The molecule has 1 aliphatic rings. The van der Waals surface area contributed by atoms with Crippen LogP contribution in [-0.4, -0.2) is 25.8 Å². The van der Waals surface area contributed by atoms with E-state index < -0.39 is 10.0 Å². The second-order valence-corrected chi connectivity index (χ2v) is 8.32. The fraction of sp³-hybridized carbons (Fsp3) is 0.294. The molecule has 0 amide bonds. The van der Waals surface area contributed by atoms with Gasteiger partial charge in [0.2, 0.25) is 10.0 Å². The summed E-state index contributed by atoms with van der Waals surface area (Å²) in [6.07, 6.45) is 2.52. The van der Waals surface area contributed by atoms with Crippen molar-refractivity contribution < 1.29 is 8.42 Å². The third-order valence-electron chi connectivity index (χ3n) is 3.99. The highest BCUT2D eigenvalue weighted by Crippen LogP contribution is 2.28. The number of halogens is 1. The van der Waals surface area contributed by atoms with Crippen molar-refractivity contribution >= 4 is 26.0 Å². The molecule has 3 nitrogen and oxygen atoms in total. The number of sulfonamides is 1. The molecule has 0 saturated carbocycles. The molecule has 1 aliphatic heterocycles. The van der Waals surface area contributed by atoms with Gasteiger partial charge in [-0.05, 0) is 48.6 Å². The molecule has 2 aromatic rings. The topological polar surface area (TPSA) is 37.4 Å². The number of fused-ring (bicyclic) bond motifs is 1. The van der Waals surface area contributed by atoms with Gasteiger partial charge in [0.15, 0.2) is 0 Å². The molecule has 0 fully saturated rings. The molecule has 3 rings (SSSR count). The lowest BCUT2D eigenvalue weighted by molar-refractivity contribution is 0.395. The number of aryl methyl sites for hydroxylation is 1. The first kappa shape index (κ1) is 15.7. The molecule has 0 atom stereocenters. The smallest absolute Gasteiger partial charge is 0.207 e. The highest BCUT2D eigenvalue weighted by molar-refractivity contribution is 9.10. The molecule has 0 aromatic heterocycles. The molecule has 0 bridgehead atoms. The van der Waals surface area contributed by atoms with Crippen molar-refractivity contribution in [2.75, 3.05) is 13.1 Å². The summed E-state index contributed by atoms with van der Waals surface area (Å²) in [4.78, 5) is 0.460. The third-order valence-corrected chi connectivity index (χ3v) is 6.48. The SMILES string of the molecule is O=S1(=O)c2ccc(Br)cc2CCN1CCCc1ccccc1. The van der Waals surface area contributed by atoms with E-state index >= 15 is 0 Å². The molecule has 2 aromatic carbocycles. The lowest BCUT2D eigenvalue weighted by Crippen LogP contribution is -2.38. The van der Waals surface area contributed by atoms with Gasteiger partial charge in [-0.3, -0.25) is 0 Å². The highest BCUT2D eigenvalue weighted by Gasteiger charge is 2.30. The van der Waals surface area contributed by atoms with Crippen LogP contribution < -0.4 is 0 Å². The summed E-state index contributed by atoms with van der Waals surface area (Å²) in [5.74, 6) is 0. The second kappa shape index (κ2) is 6.52. The van der Waals surface area contributed by atoms with Crippen molar-refractivity contribution in [1.82, 2.24) is 4.31 Å². The maximum absolute atomic E-state index is 12.7. The van der Waals surface area contributed by atoms with Crippen LogP contribution in [0.3, 0.4) is 0 Å². The number of benzene rings is 2. The minimum Gasteiger partial charge on any atom is -0.207 e. The van der Waals surface area contributed by atoms with Crippen LogP contribution in [0.1, 0.15) is 17.5 Å². The summed E-state index contributed by atoms with van der Waals surface area (Å²) in [6.45, 7) is 1.15. The van der Waals surface area contributed by atoms with Gasteiger partial charge in [0.25, 0.3) is 0 Å². The van der Waals surface area contributed by atoms with Crippen LogP contribution in [0.15, 0.2) is 57.9 Å². The van der Waals surface area contributed by atoms with Crippen LogP contribution in [0, 0.1) is 0 Å².